The molecular weight excluding hydrogens is 274 g/mol. The lowest BCUT2D eigenvalue weighted by atomic mass is 9.73. The first-order chi connectivity index (χ1) is 9.30. The van der Waals surface area contributed by atoms with Gasteiger partial charge in [-0.2, -0.15) is 0 Å². The molecule has 2 aliphatic rings. The fourth-order valence-electron chi connectivity index (χ4n) is 3.93. The maximum Gasteiger partial charge on any atom is 0.160 e. The van der Waals surface area contributed by atoms with Crippen molar-refractivity contribution in [2.75, 3.05) is 13.2 Å². The monoisotopic (exact) mass is 303 g/mol. The van der Waals surface area contributed by atoms with Gasteiger partial charge in [-0.15, -0.1) is 0 Å². The number of nitrogens with one attached hydrogen (secondary N) is 1. The summed E-state index contributed by atoms with van der Waals surface area (Å²) < 4.78 is 31.6. The molecule has 2 fully saturated rings. The highest BCUT2D eigenvalue weighted by atomic mass is 32.2. The van der Waals surface area contributed by atoms with E-state index in [9.17, 15) is 8.42 Å². The maximum atomic E-state index is 13.1. The zero-order chi connectivity index (χ0) is 15.0. The van der Waals surface area contributed by atoms with Crippen LogP contribution in [-0.2, 0) is 14.6 Å². The van der Waals surface area contributed by atoms with Crippen molar-refractivity contribution in [1.29, 1.82) is 0 Å². The molecule has 4 atom stereocenters. The molecule has 1 N–H and O–H groups in total. The highest BCUT2D eigenvalue weighted by molar-refractivity contribution is 7.92. The van der Waals surface area contributed by atoms with E-state index in [0.717, 1.165) is 25.8 Å². The van der Waals surface area contributed by atoms with Crippen LogP contribution in [0.4, 0.5) is 0 Å². The van der Waals surface area contributed by atoms with Crippen LogP contribution in [-0.4, -0.2) is 44.2 Å². The van der Waals surface area contributed by atoms with Crippen molar-refractivity contribution in [3.8, 4) is 0 Å². The van der Waals surface area contributed by atoms with Gasteiger partial charge in [0.05, 0.1) is 16.6 Å². The van der Waals surface area contributed by atoms with E-state index in [1.165, 1.54) is 0 Å². The van der Waals surface area contributed by atoms with Crippen molar-refractivity contribution >= 4 is 9.84 Å². The molecule has 5 heteroatoms. The quantitative estimate of drug-likeness (QED) is 0.864. The van der Waals surface area contributed by atoms with Gasteiger partial charge in [0.1, 0.15) is 0 Å². The number of hydrogen-bond donors (Lipinski definition) is 1. The lowest BCUT2D eigenvalue weighted by molar-refractivity contribution is 0.125. The standard InChI is InChI=1S/C15H29NO3S/c1-5-16-14-13(7-6-9-15(14,3)4)20(17,18)12-8-10-19-11(12)2/h11-14,16H,5-10H2,1-4H3. The molecule has 0 amide bonds. The molecule has 1 saturated carbocycles. The van der Waals surface area contributed by atoms with E-state index in [-0.39, 0.29) is 28.1 Å². The van der Waals surface area contributed by atoms with Crippen LogP contribution in [0.15, 0.2) is 0 Å². The van der Waals surface area contributed by atoms with Crippen molar-refractivity contribution < 1.29 is 13.2 Å². The van der Waals surface area contributed by atoms with Gasteiger partial charge in [0.25, 0.3) is 0 Å². The van der Waals surface area contributed by atoms with Crippen molar-refractivity contribution in [2.45, 2.75) is 76.0 Å². The molecule has 1 aliphatic heterocycles. The number of rotatable bonds is 4. The molecule has 2 rings (SSSR count). The normalized spacial score (nSPS) is 38.0. The smallest absolute Gasteiger partial charge is 0.160 e. The molecule has 1 saturated heterocycles. The molecule has 0 spiro atoms. The predicted octanol–water partition coefficient (Wildman–Crippen LogP) is 2.14. The molecule has 20 heavy (non-hydrogen) atoms. The summed E-state index contributed by atoms with van der Waals surface area (Å²) in [5.41, 5.74) is 0.0364. The first-order valence-electron chi connectivity index (χ1n) is 7.88. The van der Waals surface area contributed by atoms with E-state index in [2.05, 4.69) is 26.1 Å². The Bertz CT molecular complexity index is 432. The van der Waals surface area contributed by atoms with E-state index in [1.807, 2.05) is 6.92 Å². The summed E-state index contributed by atoms with van der Waals surface area (Å²) in [4.78, 5) is 0. The fourth-order valence-corrected chi connectivity index (χ4v) is 6.76. The van der Waals surface area contributed by atoms with Crippen molar-refractivity contribution in [3.05, 3.63) is 0 Å². The maximum absolute atomic E-state index is 13.1. The molecule has 0 aromatic rings. The third-order valence-electron chi connectivity index (χ3n) is 5.10. The van der Waals surface area contributed by atoms with E-state index >= 15 is 0 Å². The van der Waals surface area contributed by atoms with Crippen LogP contribution in [0.2, 0.25) is 0 Å². The second kappa shape index (κ2) is 5.93. The van der Waals surface area contributed by atoms with Gasteiger partial charge in [0.15, 0.2) is 9.84 Å². The Kier molecular flexibility index (Phi) is 4.82. The number of sulfone groups is 1. The van der Waals surface area contributed by atoms with Gasteiger partial charge in [-0.3, -0.25) is 0 Å². The fraction of sp³-hybridized carbons (Fsp3) is 1.00. The lowest BCUT2D eigenvalue weighted by Gasteiger charge is -2.45. The molecule has 1 aliphatic carbocycles. The molecule has 1 heterocycles. The predicted molar refractivity (Wildman–Crippen MR) is 81.6 cm³/mol. The van der Waals surface area contributed by atoms with E-state index in [0.29, 0.717) is 13.0 Å². The van der Waals surface area contributed by atoms with Crippen molar-refractivity contribution in [2.24, 2.45) is 5.41 Å². The minimum atomic E-state index is -3.14. The molecule has 4 unspecified atom stereocenters. The Balaban J connectivity index is 2.28. The molecular formula is C15H29NO3S. The minimum Gasteiger partial charge on any atom is -0.377 e. The summed E-state index contributed by atoms with van der Waals surface area (Å²) in [5, 5.41) is 2.87. The third kappa shape index (κ3) is 2.90. The van der Waals surface area contributed by atoms with Gasteiger partial charge in [-0.1, -0.05) is 27.2 Å². The van der Waals surface area contributed by atoms with Crippen LogP contribution in [0.1, 0.15) is 53.4 Å². The SMILES string of the molecule is CCNC1C(S(=O)(=O)C2CCOC2C)CCCC1(C)C. The van der Waals surface area contributed by atoms with Crippen LogP contribution < -0.4 is 5.32 Å². The summed E-state index contributed by atoms with van der Waals surface area (Å²) in [6.07, 6.45) is 3.37. The van der Waals surface area contributed by atoms with Gasteiger partial charge in [-0.05, 0) is 38.1 Å². The Hall–Kier alpha value is -0.130. The van der Waals surface area contributed by atoms with Crippen LogP contribution in [0.25, 0.3) is 0 Å². The topological polar surface area (TPSA) is 55.4 Å². The van der Waals surface area contributed by atoms with Gasteiger partial charge < -0.3 is 10.1 Å². The van der Waals surface area contributed by atoms with Crippen LogP contribution >= 0.6 is 0 Å². The van der Waals surface area contributed by atoms with Gasteiger partial charge in [-0.25, -0.2) is 8.42 Å². The zero-order valence-electron chi connectivity index (χ0n) is 13.2. The molecule has 0 radical (unpaired) electrons. The third-order valence-corrected chi connectivity index (χ3v) is 7.91. The Morgan fingerprint density at radius 1 is 1.25 bits per heavy atom. The van der Waals surface area contributed by atoms with Crippen LogP contribution in [0, 0.1) is 5.41 Å². The van der Waals surface area contributed by atoms with Crippen molar-refractivity contribution in [3.63, 3.8) is 0 Å². The zero-order valence-corrected chi connectivity index (χ0v) is 14.0. The van der Waals surface area contributed by atoms with Crippen molar-refractivity contribution in [1.82, 2.24) is 5.32 Å². The summed E-state index contributed by atoms with van der Waals surface area (Å²) in [6.45, 7) is 9.72. The van der Waals surface area contributed by atoms with Gasteiger partial charge in [0.2, 0.25) is 0 Å². The molecule has 0 bridgehead atoms. The second-order valence-electron chi connectivity index (χ2n) is 6.95. The largest absolute Gasteiger partial charge is 0.377 e. The van der Waals surface area contributed by atoms with Gasteiger partial charge in [0, 0.05) is 12.6 Å². The first kappa shape index (κ1) is 16.2. The molecule has 4 nitrogen and oxygen atoms in total. The van der Waals surface area contributed by atoms with E-state index < -0.39 is 9.84 Å². The summed E-state index contributed by atoms with van der Waals surface area (Å²) >= 11 is 0. The van der Waals surface area contributed by atoms with E-state index in [4.69, 9.17) is 4.74 Å². The Labute approximate surface area is 123 Å². The molecule has 0 aromatic carbocycles. The summed E-state index contributed by atoms with van der Waals surface area (Å²) in [7, 11) is -3.14. The average Bonchev–Trinajstić information content (AvgIpc) is 2.78. The molecule has 118 valence electrons. The highest BCUT2D eigenvalue weighted by Gasteiger charge is 2.49. The van der Waals surface area contributed by atoms with Gasteiger partial charge >= 0.3 is 0 Å². The second-order valence-corrected chi connectivity index (χ2v) is 9.34. The van der Waals surface area contributed by atoms with Crippen LogP contribution in [0.5, 0.6) is 0 Å². The molecule has 0 aromatic heterocycles. The number of ether oxygens (including phenoxy) is 1. The summed E-state index contributed by atoms with van der Waals surface area (Å²) in [6, 6.07) is 0.0547. The summed E-state index contributed by atoms with van der Waals surface area (Å²) in [5.74, 6) is 0. The highest BCUT2D eigenvalue weighted by Crippen LogP contribution is 2.40. The Morgan fingerprint density at radius 3 is 2.50 bits per heavy atom. The Morgan fingerprint density at radius 2 is 1.95 bits per heavy atom. The van der Waals surface area contributed by atoms with Crippen LogP contribution in [0.3, 0.4) is 0 Å². The minimum absolute atomic E-state index is 0.0364. The van der Waals surface area contributed by atoms with E-state index in [1.54, 1.807) is 0 Å². The first-order valence-corrected chi connectivity index (χ1v) is 9.49. The average molecular weight is 303 g/mol. The lowest BCUT2D eigenvalue weighted by Crippen LogP contribution is -2.57. The number of hydrogen-bond acceptors (Lipinski definition) is 4.